The lowest BCUT2D eigenvalue weighted by molar-refractivity contribution is 0.617. The number of rotatable bonds is 9. The molecule has 1 N–H and O–H groups in total. The Bertz CT molecular complexity index is 348. The Labute approximate surface area is 111 Å². The predicted molar refractivity (Wildman–Crippen MR) is 77.6 cm³/mol. The van der Waals surface area contributed by atoms with Gasteiger partial charge in [0.05, 0.1) is 12.5 Å². The van der Waals surface area contributed by atoms with Crippen LogP contribution in [-0.2, 0) is 6.42 Å². The van der Waals surface area contributed by atoms with Gasteiger partial charge in [0, 0.05) is 12.2 Å². The van der Waals surface area contributed by atoms with Gasteiger partial charge in [0.15, 0.2) is 0 Å². The van der Waals surface area contributed by atoms with E-state index in [9.17, 15) is 0 Å². The fourth-order valence-corrected chi connectivity index (χ4v) is 1.97. The number of nitrogens with zero attached hydrogens (tertiary/aromatic N) is 1. The second-order valence-corrected chi connectivity index (χ2v) is 4.73. The fraction of sp³-hybridized carbons (Fsp3) is 0.562. The summed E-state index contributed by atoms with van der Waals surface area (Å²) in [6, 6.07) is 10.3. The SMILES string of the molecule is CCCCCCCCNc1ccc(CC#N)cc1. The quantitative estimate of drug-likeness (QED) is 0.648. The van der Waals surface area contributed by atoms with E-state index in [0.29, 0.717) is 6.42 Å². The van der Waals surface area contributed by atoms with Crippen LogP contribution >= 0.6 is 0 Å². The standard InChI is InChI=1S/C16H24N2/c1-2-3-4-5-6-7-14-18-16-10-8-15(9-11-16)12-13-17/h8-11,18H,2-7,12,14H2,1H3. The van der Waals surface area contributed by atoms with E-state index in [0.717, 1.165) is 17.8 Å². The van der Waals surface area contributed by atoms with Crippen molar-refractivity contribution in [1.82, 2.24) is 0 Å². The Hall–Kier alpha value is -1.49. The third-order valence-corrected chi connectivity index (χ3v) is 3.10. The van der Waals surface area contributed by atoms with E-state index in [1.165, 1.54) is 38.5 Å². The van der Waals surface area contributed by atoms with Gasteiger partial charge in [0.25, 0.3) is 0 Å². The van der Waals surface area contributed by atoms with Crippen molar-refractivity contribution in [3.05, 3.63) is 29.8 Å². The van der Waals surface area contributed by atoms with Gasteiger partial charge in [0.1, 0.15) is 0 Å². The Kier molecular flexibility index (Phi) is 7.72. The lowest BCUT2D eigenvalue weighted by Crippen LogP contribution is -2.01. The molecule has 0 radical (unpaired) electrons. The average molecular weight is 244 g/mol. The van der Waals surface area contributed by atoms with E-state index in [-0.39, 0.29) is 0 Å². The van der Waals surface area contributed by atoms with E-state index in [2.05, 4.69) is 30.4 Å². The zero-order valence-electron chi connectivity index (χ0n) is 11.4. The van der Waals surface area contributed by atoms with Crippen LogP contribution in [0.4, 0.5) is 5.69 Å². The summed E-state index contributed by atoms with van der Waals surface area (Å²) in [5, 5.41) is 12.0. The lowest BCUT2D eigenvalue weighted by Gasteiger charge is -2.06. The molecular weight excluding hydrogens is 220 g/mol. The number of hydrogen-bond donors (Lipinski definition) is 1. The summed E-state index contributed by atoms with van der Waals surface area (Å²) in [6.07, 6.45) is 8.47. The maximum Gasteiger partial charge on any atom is 0.0669 e. The second kappa shape index (κ2) is 9.53. The van der Waals surface area contributed by atoms with E-state index in [1.807, 2.05) is 12.1 Å². The van der Waals surface area contributed by atoms with Crippen LogP contribution in [0.1, 0.15) is 51.0 Å². The molecular formula is C16H24N2. The zero-order chi connectivity index (χ0) is 13.1. The highest BCUT2D eigenvalue weighted by molar-refractivity contribution is 5.44. The van der Waals surface area contributed by atoms with Gasteiger partial charge in [-0.25, -0.2) is 0 Å². The molecule has 1 rings (SSSR count). The molecule has 0 bridgehead atoms. The van der Waals surface area contributed by atoms with E-state index < -0.39 is 0 Å². The van der Waals surface area contributed by atoms with Gasteiger partial charge >= 0.3 is 0 Å². The van der Waals surface area contributed by atoms with Crippen LogP contribution in [0.15, 0.2) is 24.3 Å². The second-order valence-electron chi connectivity index (χ2n) is 4.73. The molecule has 0 amide bonds. The normalized spacial score (nSPS) is 10.0. The van der Waals surface area contributed by atoms with Crippen LogP contribution in [-0.4, -0.2) is 6.54 Å². The molecule has 0 saturated carbocycles. The molecule has 1 aromatic carbocycles. The average Bonchev–Trinajstić information content (AvgIpc) is 2.40. The van der Waals surface area contributed by atoms with Gasteiger partial charge in [-0.3, -0.25) is 0 Å². The number of hydrogen-bond acceptors (Lipinski definition) is 2. The molecule has 0 spiro atoms. The first kappa shape index (κ1) is 14.6. The van der Waals surface area contributed by atoms with E-state index in [1.54, 1.807) is 0 Å². The van der Waals surface area contributed by atoms with Crippen LogP contribution in [0.2, 0.25) is 0 Å². The highest BCUT2D eigenvalue weighted by Gasteiger charge is 1.94. The molecule has 0 heterocycles. The molecule has 0 unspecified atom stereocenters. The summed E-state index contributed by atoms with van der Waals surface area (Å²) in [7, 11) is 0. The van der Waals surface area contributed by atoms with E-state index >= 15 is 0 Å². The monoisotopic (exact) mass is 244 g/mol. The summed E-state index contributed by atoms with van der Waals surface area (Å²) in [6.45, 7) is 3.29. The van der Waals surface area contributed by atoms with E-state index in [4.69, 9.17) is 5.26 Å². The minimum Gasteiger partial charge on any atom is -0.385 e. The van der Waals surface area contributed by atoms with Crippen molar-refractivity contribution in [2.75, 3.05) is 11.9 Å². The van der Waals surface area contributed by atoms with Crippen LogP contribution < -0.4 is 5.32 Å². The first-order valence-corrected chi connectivity index (χ1v) is 7.06. The maximum absolute atomic E-state index is 8.59. The third kappa shape index (κ3) is 6.30. The number of benzene rings is 1. The molecule has 0 fully saturated rings. The van der Waals surface area contributed by atoms with Gasteiger partial charge in [0.2, 0.25) is 0 Å². The summed E-state index contributed by atoms with van der Waals surface area (Å²) in [4.78, 5) is 0. The molecule has 0 atom stereocenters. The van der Waals surface area contributed by atoms with Crippen molar-refractivity contribution in [1.29, 1.82) is 5.26 Å². The first-order chi connectivity index (χ1) is 8.86. The lowest BCUT2D eigenvalue weighted by atomic mass is 10.1. The molecule has 1 aromatic rings. The molecule has 0 aliphatic rings. The van der Waals surface area contributed by atoms with Crippen LogP contribution in [0.25, 0.3) is 0 Å². The summed E-state index contributed by atoms with van der Waals surface area (Å²) < 4.78 is 0. The molecule has 18 heavy (non-hydrogen) atoms. The molecule has 0 saturated heterocycles. The van der Waals surface area contributed by atoms with Crippen molar-refractivity contribution in [2.45, 2.75) is 51.9 Å². The van der Waals surface area contributed by atoms with Gasteiger partial charge < -0.3 is 5.32 Å². The Morgan fingerprint density at radius 3 is 2.33 bits per heavy atom. The zero-order valence-corrected chi connectivity index (χ0v) is 11.4. The number of unbranched alkanes of at least 4 members (excludes halogenated alkanes) is 5. The van der Waals surface area contributed by atoms with Crippen molar-refractivity contribution in [2.24, 2.45) is 0 Å². The summed E-state index contributed by atoms with van der Waals surface area (Å²) >= 11 is 0. The first-order valence-electron chi connectivity index (χ1n) is 7.06. The maximum atomic E-state index is 8.59. The molecule has 0 aromatic heterocycles. The number of nitrogens with one attached hydrogen (secondary N) is 1. The Morgan fingerprint density at radius 1 is 1.00 bits per heavy atom. The van der Waals surface area contributed by atoms with Crippen LogP contribution in [0, 0.1) is 11.3 Å². The predicted octanol–water partition coefficient (Wildman–Crippen LogP) is 4.53. The Morgan fingerprint density at radius 2 is 1.67 bits per heavy atom. The van der Waals surface area contributed by atoms with Crippen molar-refractivity contribution in [3.63, 3.8) is 0 Å². The highest BCUT2D eigenvalue weighted by Crippen LogP contribution is 2.11. The minimum absolute atomic E-state index is 0.498. The van der Waals surface area contributed by atoms with Gasteiger partial charge in [-0.1, -0.05) is 51.2 Å². The number of anilines is 1. The van der Waals surface area contributed by atoms with Crippen molar-refractivity contribution < 1.29 is 0 Å². The minimum atomic E-state index is 0.498. The van der Waals surface area contributed by atoms with Crippen molar-refractivity contribution in [3.8, 4) is 6.07 Å². The molecule has 0 aliphatic heterocycles. The third-order valence-electron chi connectivity index (χ3n) is 3.10. The topological polar surface area (TPSA) is 35.8 Å². The smallest absolute Gasteiger partial charge is 0.0669 e. The van der Waals surface area contributed by atoms with Crippen molar-refractivity contribution >= 4 is 5.69 Å². The molecule has 98 valence electrons. The summed E-state index contributed by atoms with van der Waals surface area (Å²) in [5.41, 5.74) is 2.24. The van der Waals surface area contributed by atoms with Gasteiger partial charge in [-0.05, 0) is 24.1 Å². The summed E-state index contributed by atoms with van der Waals surface area (Å²) in [5.74, 6) is 0. The largest absolute Gasteiger partial charge is 0.385 e. The fourth-order valence-electron chi connectivity index (χ4n) is 1.97. The Balaban J connectivity index is 2.10. The van der Waals surface area contributed by atoms with Gasteiger partial charge in [-0.15, -0.1) is 0 Å². The van der Waals surface area contributed by atoms with Crippen LogP contribution in [0.5, 0.6) is 0 Å². The molecule has 2 heteroatoms. The van der Waals surface area contributed by atoms with Gasteiger partial charge in [-0.2, -0.15) is 5.26 Å². The highest BCUT2D eigenvalue weighted by atomic mass is 14.9. The molecule has 0 aliphatic carbocycles. The number of nitriles is 1. The molecule has 2 nitrogen and oxygen atoms in total. The van der Waals surface area contributed by atoms with Crippen LogP contribution in [0.3, 0.4) is 0 Å².